The standard InChI is InChI=1S/C20H18FIN2O3/c1-2-26-7-8-27-12-20(25)17-6-5-16-11-23-13-24(16)19(17)9-14-3-4-15(22)10-18(14)21/h2-6,10-11,13H,1,7-9,12H2. The first-order valence-corrected chi connectivity index (χ1v) is 9.39. The van der Waals surface area contributed by atoms with Gasteiger partial charge in [0.1, 0.15) is 19.0 Å². The van der Waals surface area contributed by atoms with E-state index in [-0.39, 0.29) is 31.2 Å². The van der Waals surface area contributed by atoms with Crippen LogP contribution >= 0.6 is 22.6 Å². The molecule has 5 nitrogen and oxygen atoms in total. The number of nitrogens with zero attached hydrogens (tertiary/aromatic N) is 2. The molecule has 0 atom stereocenters. The molecule has 0 unspecified atom stereocenters. The Bertz CT molecular complexity index is 971. The zero-order chi connectivity index (χ0) is 19.2. The summed E-state index contributed by atoms with van der Waals surface area (Å²) in [5, 5.41) is 0. The highest BCUT2D eigenvalue weighted by atomic mass is 127. The highest BCUT2D eigenvalue weighted by Crippen LogP contribution is 2.21. The van der Waals surface area contributed by atoms with Crippen molar-refractivity contribution in [1.82, 2.24) is 9.38 Å². The molecular weight excluding hydrogens is 462 g/mol. The largest absolute Gasteiger partial charge is 0.499 e. The number of carbonyl (C=O) groups is 1. The van der Waals surface area contributed by atoms with E-state index in [1.807, 2.05) is 16.5 Å². The van der Waals surface area contributed by atoms with E-state index in [0.29, 0.717) is 23.4 Å². The maximum Gasteiger partial charge on any atom is 0.190 e. The quantitative estimate of drug-likeness (QED) is 0.201. The van der Waals surface area contributed by atoms with Crippen molar-refractivity contribution in [2.24, 2.45) is 0 Å². The summed E-state index contributed by atoms with van der Waals surface area (Å²) >= 11 is 2.07. The van der Waals surface area contributed by atoms with Gasteiger partial charge >= 0.3 is 0 Å². The Morgan fingerprint density at radius 3 is 2.93 bits per heavy atom. The molecule has 0 amide bonds. The third-order valence-corrected chi connectivity index (χ3v) is 4.73. The molecule has 2 aromatic heterocycles. The van der Waals surface area contributed by atoms with E-state index in [0.717, 1.165) is 9.09 Å². The summed E-state index contributed by atoms with van der Waals surface area (Å²) in [5.41, 5.74) is 2.53. The van der Waals surface area contributed by atoms with Gasteiger partial charge in [0.25, 0.3) is 0 Å². The Labute approximate surface area is 170 Å². The lowest BCUT2D eigenvalue weighted by Crippen LogP contribution is -2.16. The number of ether oxygens (including phenoxy) is 2. The molecule has 140 valence electrons. The third kappa shape index (κ3) is 4.72. The topological polar surface area (TPSA) is 52.8 Å². The van der Waals surface area contributed by atoms with Crippen LogP contribution in [0.1, 0.15) is 21.6 Å². The maximum atomic E-state index is 14.4. The molecule has 0 spiro atoms. The van der Waals surface area contributed by atoms with Gasteiger partial charge in [0, 0.05) is 21.2 Å². The van der Waals surface area contributed by atoms with E-state index < -0.39 is 0 Å². The first-order valence-electron chi connectivity index (χ1n) is 8.31. The number of pyridine rings is 1. The minimum Gasteiger partial charge on any atom is -0.499 e. The zero-order valence-corrected chi connectivity index (χ0v) is 16.7. The fourth-order valence-corrected chi connectivity index (χ4v) is 3.21. The predicted octanol–water partition coefficient (Wildman–Crippen LogP) is 4.03. The second kappa shape index (κ2) is 9.09. The molecule has 3 rings (SSSR count). The molecule has 27 heavy (non-hydrogen) atoms. The number of hydrogen-bond acceptors (Lipinski definition) is 4. The van der Waals surface area contributed by atoms with Gasteiger partial charge in [0.05, 0.1) is 30.9 Å². The van der Waals surface area contributed by atoms with Gasteiger partial charge in [-0.05, 0) is 52.4 Å². The van der Waals surface area contributed by atoms with Crippen molar-refractivity contribution >= 4 is 33.9 Å². The van der Waals surface area contributed by atoms with Crippen molar-refractivity contribution in [3.05, 3.63) is 81.9 Å². The summed E-state index contributed by atoms with van der Waals surface area (Å²) in [6, 6.07) is 8.62. The van der Waals surface area contributed by atoms with E-state index in [1.165, 1.54) is 12.3 Å². The van der Waals surface area contributed by atoms with Crippen LogP contribution in [0, 0.1) is 9.39 Å². The Morgan fingerprint density at radius 2 is 2.15 bits per heavy atom. The first-order chi connectivity index (χ1) is 13.1. The van der Waals surface area contributed by atoms with Crippen molar-refractivity contribution < 1.29 is 18.7 Å². The lowest BCUT2D eigenvalue weighted by Gasteiger charge is -2.13. The molecule has 0 N–H and O–H groups in total. The van der Waals surface area contributed by atoms with Crippen LogP contribution in [-0.2, 0) is 15.9 Å². The fourth-order valence-electron chi connectivity index (χ4n) is 2.76. The number of hydrogen-bond donors (Lipinski definition) is 0. The smallest absolute Gasteiger partial charge is 0.190 e. The van der Waals surface area contributed by atoms with Gasteiger partial charge in [-0.1, -0.05) is 12.6 Å². The number of imidazole rings is 1. The van der Waals surface area contributed by atoms with E-state index in [9.17, 15) is 9.18 Å². The number of carbonyl (C=O) groups excluding carboxylic acids is 1. The SMILES string of the molecule is C=COCCOCC(=O)c1ccc2cncn2c1Cc1ccc(I)cc1F. The van der Waals surface area contributed by atoms with Crippen LogP contribution in [0.5, 0.6) is 0 Å². The molecule has 0 aliphatic carbocycles. The molecule has 0 aliphatic heterocycles. The van der Waals surface area contributed by atoms with Gasteiger partial charge in [-0.15, -0.1) is 0 Å². The van der Waals surface area contributed by atoms with E-state index in [4.69, 9.17) is 9.47 Å². The first kappa shape index (κ1) is 19.5. The van der Waals surface area contributed by atoms with Crippen LogP contribution in [0.2, 0.25) is 0 Å². The fraction of sp³-hybridized carbons (Fsp3) is 0.200. The third-order valence-electron chi connectivity index (χ3n) is 4.06. The van der Waals surface area contributed by atoms with Crippen LogP contribution in [0.25, 0.3) is 5.52 Å². The molecule has 0 fully saturated rings. The molecule has 1 aromatic carbocycles. The molecule has 2 heterocycles. The predicted molar refractivity (Wildman–Crippen MR) is 108 cm³/mol. The molecule has 0 radical (unpaired) electrons. The van der Waals surface area contributed by atoms with Gasteiger partial charge in [0.15, 0.2) is 5.78 Å². The Morgan fingerprint density at radius 1 is 1.30 bits per heavy atom. The maximum absolute atomic E-state index is 14.4. The van der Waals surface area contributed by atoms with Crippen molar-refractivity contribution in [1.29, 1.82) is 0 Å². The lowest BCUT2D eigenvalue weighted by molar-refractivity contribution is 0.0638. The number of rotatable bonds is 9. The minimum atomic E-state index is -0.296. The normalized spacial score (nSPS) is 10.9. The zero-order valence-electron chi connectivity index (χ0n) is 14.5. The van der Waals surface area contributed by atoms with Gasteiger partial charge in [-0.25, -0.2) is 9.37 Å². The molecular formula is C20H18FIN2O3. The number of ketones is 1. The number of benzene rings is 1. The van der Waals surface area contributed by atoms with Crippen LogP contribution in [0.15, 0.2) is 55.7 Å². The Balaban J connectivity index is 1.87. The minimum absolute atomic E-state index is 0.0805. The van der Waals surface area contributed by atoms with E-state index in [2.05, 4.69) is 34.2 Å². The molecule has 0 aliphatic rings. The van der Waals surface area contributed by atoms with Crippen molar-refractivity contribution in [3.63, 3.8) is 0 Å². The molecule has 0 bridgehead atoms. The van der Waals surface area contributed by atoms with E-state index >= 15 is 0 Å². The highest BCUT2D eigenvalue weighted by molar-refractivity contribution is 14.1. The summed E-state index contributed by atoms with van der Waals surface area (Å²) in [7, 11) is 0. The molecule has 3 aromatic rings. The van der Waals surface area contributed by atoms with Gasteiger partial charge in [0.2, 0.25) is 0 Å². The van der Waals surface area contributed by atoms with Gasteiger partial charge in [-0.2, -0.15) is 0 Å². The summed E-state index contributed by atoms with van der Waals surface area (Å²) < 4.78 is 27.3. The van der Waals surface area contributed by atoms with Crippen molar-refractivity contribution in [3.8, 4) is 0 Å². The average Bonchev–Trinajstić information content (AvgIpc) is 3.13. The van der Waals surface area contributed by atoms with Gasteiger partial charge < -0.3 is 13.9 Å². The van der Waals surface area contributed by atoms with Crippen LogP contribution in [0.3, 0.4) is 0 Å². The summed E-state index contributed by atoms with van der Waals surface area (Å²) in [4.78, 5) is 16.8. The summed E-state index contributed by atoms with van der Waals surface area (Å²) in [6.45, 7) is 3.98. The Kier molecular flexibility index (Phi) is 6.57. The number of halogens is 2. The molecule has 0 saturated carbocycles. The van der Waals surface area contributed by atoms with Gasteiger partial charge in [-0.3, -0.25) is 4.79 Å². The van der Waals surface area contributed by atoms with Crippen LogP contribution in [-0.4, -0.2) is 35.0 Å². The number of Topliss-reactive ketones (excluding diaryl/α,β-unsaturated/α-hetero) is 1. The van der Waals surface area contributed by atoms with E-state index in [1.54, 1.807) is 24.7 Å². The van der Waals surface area contributed by atoms with Crippen molar-refractivity contribution in [2.75, 3.05) is 19.8 Å². The number of aromatic nitrogens is 2. The van der Waals surface area contributed by atoms with Crippen LogP contribution < -0.4 is 0 Å². The second-order valence-corrected chi connectivity index (χ2v) is 7.05. The monoisotopic (exact) mass is 480 g/mol. The second-order valence-electron chi connectivity index (χ2n) is 5.81. The lowest BCUT2D eigenvalue weighted by atomic mass is 10.0. The summed E-state index contributed by atoms with van der Waals surface area (Å²) in [5.74, 6) is -0.472. The average molecular weight is 480 g/mol. The number of fused-ring (bicyclic) bond motifs is 1. The highest BCUT2D eigenvalue weighted by Gasteiger charge is 2.17. The summed E-state index contributed by atoms with van der Waals surface area (Å²) in [6.07, 6.45) is 4.93. The van der Waals surface area contributed by atoms with Crippen molar-refractivity contribution in [2.45, 2.75) is 6.42 Å². The van der Waals surface area contributed by atoms with Crippen LogP contribution in [0.4, 0.5) is 4.39 Å². The Hall–Kier alpha value is -2.26. The molecule has 0 saturated heterocycles. The molecule has 7 heteroatoms.